The summed E-state index contributed by atoms with van der Waals surface area (Å²) in [6, 6.07) is 30.9. The van der Waals surface area contributed by atoms with Crippen molar-refractivity contribution in [3.63, 3.8) is 0 Å². The van der Waals surface area contributed by atoms with Crippen LogP contribution in [0.4, 0.5) is 0 Å². The molecule has 4 aromatic carbocycles. The van der Waals surface area contributed by atoms with Gasteiger partial charge in [0, 0.05) is 0 Å². The Morgan fingerprint density at radius 3 is 1.88 bits per heavy atom. The van der Waals surface area contributed by atoms with Crippen LogP contribution < -0.4 is 0 Å². The Balaban J connectivity index is 2.09. The van der Waals surface area contributed by atoms with Gasteiger partial charge >= 0.3 is 0 Å². The first-order chi connectivity index (χ1) is 12.6. The maximum atomic E-state index is 2.40. The van der Waals surface area contributed by atoms with Crippen molar-refractivity contribution in [1.29, 1.82) is 0 Å². The van der Waals surface area contributed by atoms with Gasteiger partial charge < -0.3 is 0 Å². The van der Waals surface area contributed by atoms with Crippen LogP contribution >= 0.6 is 0 Å². The van der Waals surface area contributed by atoms with Gasteiger partial charge in [0.1, 0.15) is 0 Å². The van der Waals surface area contributed by atoms with Gasteiger partial charge in [-0.1, -0.05) is 98.3 Å². The van der Waals surface area contributed by atoms with Crippen LogP contribution in [0.15, 0.2) is 84.9 Å². The minimum atomic E-state index is 0.457. The summed E-state index contributed by atoms with van der Waals surface area (Å²) < 4.78 is 0. The molecule has 0 aliphatic carbocycles. The molecule has 0 atom stereocenters. The van der Waals surface area contributed by atoms with Crippen molar-refractivity contribution in [2.45, 2.75) is 26.7 Å². The van der Waals surface area contributed by atoms with Crippen LogP contribution in [0, 0.1) is 6.92 Å². The largest absolute Gasteiger partial charge is 0.0622 e. The standard InChI is InChI=1S/C26H24/c1-18(2)24-17-25(20-9-5-4-6-10-20)22-11-7-8-12-23(22)26(24)21-15-13-19(3)14-16-21/h4-18H,1-3H3. The van der Waals surface area contributed by atoms with E-state index in [1.54, 1.807) is 0 Å². The molecule has 0 nitrogen and oxygen atoms in total. The smallest absolute Gasteiger partial charge is 0.00703 e. The normalized spacial score (nSPS) is 11.2. The summed E-state index contributed by atoms with van der Waals surface area (Å²) in [6.07, 6.45) is 0. The summed E-state index contributed by atoms with van der Waals surface area (Å²) in [4.78, 5) is 0. The van der Waals surface area contributed by atoms with E-state index in [2.05, 4.69) is 106 Å². The first-order valence-corrected chi connectivity index (χ1v) is 9.33. The molecule has 0 N–H and O–H groups in total. The van der Waals surface area contributed by atoms with Crippen molar-refractivity contribution in [3.05, 3.63) is 96.1 Å². The number of hydrogen-bond donors (Lipinski definition) is 0. The minimum absolute atomic E-state index is 0.457. The monoisotopic (exact) mass is 336 g/mol. The van der Waals surface area contributed by atoms with Gasteiger partial charge in [0.2, 0.25) is 0 Å². The fourth-order valence-electron chi connectivity index (χ4n) is 3.75. The second-order valence-corrected chi connectivity index (χ2v) is 7.32. The van der Waals surface area contributed by atoms with E-state index in [0.29, 0.717) is 5.92 Å². The molecule has 0 amide bonds. The highest BCUT2D eigenvalue weighted by Crippen LogP contribution is 2.41. The molecular formula is C26H24. The van der Waals surface area contributed by atoms with Gasteiger partial charge in [-0.25, -0.2) is 0 Å². The van der Waals surface area contributed by atoms with E-state index in [4.69, 9.17) is 0 Å². The van der Waals surface area contributed by atoms with E-state index in [1.165, 1.54) is 44.2 Å². The molecule has 0 radical (unpaired) electrons. The number of rotatable bonds is 3. The van der Waals surface area contributed by atoms with Crippen LogP contribution in [0.1, 0.15) is 30.9 Å². The summed E-state index contributed by atoms with van der Waals surface area (Å²) >= 11 is 0. The molecule has 0 saturated carbocycles. The Morgan fingerprint density at radius 2 is 1.23 bits per heavy atom. The average Bonchev–Trinajstić information content (AvgIpc) is 2.68. The third-order valence-electron chi connectivity index (χ3n) is 5.12. The van der Waals surface area contributed by atoms with Gasteiger partial charge in [-0.05, 0) is 57.5 Å². The molecule has 0 heterocycles. The van der Waals surface area contributed by atoms with Crippen LogP contribution in [0.2, 0.25) is 0 Å². The SMILES string of the molecule is Cc1ccc(-c2c(C(C)C)cc(-c3ccccc3)c3ccccc23)cc1. The first-order valence-electron chi connectivity index (χ1n) is 9.33. The summed E-state index contributed by atoms with van der Waals surface area (Å²) in [5.74, 6) is 0.457. The molecule has 4 rings (SSSR count). The fraction of sp³-hybridized carbons (Fsp3) is 0.154. The number of fused-ring (bicyclic) bond motifs is 1. The Morgan fingerprint density at radius 1 is 0.615 bits per heavy atom. The second-order valence-electron chi connectivity index (χ2n) is 7.32. The quantitative estimate of drug-likeness (QED) is 0.361. The van der Waals surface area contributed by atoms with Gasteiger partial charge in [-0.15, -0.1) is 0 Å². The Hall–Kier alpha value is -2.86. The van der Waals surface area contributed by atoms with E-state index in [-0.39, 0.29) is 0 Å². The van der Waals surface area contributed by atoms with Crippen molar-refractivity contribution in [2.24, 2.45) is 0 Å². The zero-order valence-corrected chi connectivity index (χ0v) is 15.7. The van der Waals surface area contributed by atoms with Gasteiger partial charge in [-0.2, -0.15) is 0 Å². The van der Waals surface area contributed by atoms with Crippen molar-refractivity contribution >= 4 is 10.8 Å². The molecule has 0 aliphatic rings. The zero-order valence-electron chi connectivity index (χ0n) is 15.7. The van der Waals surface area contributed by atoms with Gasteiger partial charge in [0.25, 0.3) is 0 Å². The van der Waals surface area contributed by atoms with Crippen molar-refractivity contribution in [1.82, 2.24) is 0 Å². The van der Waals surface area contributed by atoms with Crippen LogP contribution in [0.3, 0.4) is 0 Å². The lowest BCUT2D eigenvalue weighted by molar-refractivity contribution is 0.871. The van der Waals surface area contributed by atoms with E-state index < -0.39 is 0 Å². The predicted molar refractivity (Wildman–Crippen MR) is 114 cm³/mol. The Kier molecular flexibility index (Phi) is 4.34. The predicted octanol–water partition coefficient (Wildman–Crippen LogP) is 7.61. The molecule has 128 valence electrons. The molecule has 0 aliphatic heterocycles. The average molecular weight is 336 g/mol. The van der Waals surface area contributed by atoms with Crippen LogP contribution in [-0.2, 0) is 0 Å². The van der Waals surface area contributed by atoms with E-state index in [0.717, 1.165) is 0 Å². The van der Waals surface area contributed by atoms with Crippen LogP contribution in [-0.4, -0.2) is 0 Å². The van der Waals surface area contributed by atoms with Gasteiger partial charge in [-0.3, -0.25) is 0 Å². The molecule has 0 spiro atoms. The highest BCUT2D eigenvalue weighted by atomic mass is 14.2. The van der Waals surface area contributed by atoms with Gasteiger partial charge in [0.15, 0.2) is 0 Å². The lowest BCUT2D eigenvalue weighted by Crippen LogP contribution is -1.96. The van der Waals surface area contributed by atoms with Crippen LogP contribution in [0.25, 0.3) is 33.0 Å². The maximum Gasteiger partial charge on any atom is -0.00703 e. The topological polar surface area (TPSA) is 0 Å². The molecule has 4 aromatic rings. The summed E-state index contributed by atoms with van der Waals surface area (Å²) in [5.41, 5.74) is 7.98. The maximum absolute atomic E-state index is 2.40. The third-order valence-corrected chi connectivity index (χ3v) is 5.12. The minimum Gasteiger partial charge on any atom is -0.0622 e. The number of benzene rings is 4. The summed E-state index contributed by atoms with van der Waals surface area (Å²) in [7, 11) is 0. The lowest BCUT2D eigenvalue weighted by atomic mass is 9.84. The lowest BCUT2D eigenvalue weighted by Gasteiger charge is -2.20. The summed E-state index contributed by atoms with van der Waals surface area (Å²) in [6.45, 7) is 6.72. The molecule has 26 heavy (non-hydrogen) atoms. The molecule has 0 fully saturated rings. The van der Waals surface area contributed by atoms with Crippen molar-refractivity contribution in [2.75, 3.05) is 0 Å². The summed E-state index contributed by atoms with van der Waals surface area (Å²) in [5, 5.41) is 2.65. The molecule has 0 unspecified atom stereocenters. The van der Waals surface area contributed by atoms with E-state index in [1.807, 2.05) is 0 Å². The van der Waals surface area contributed by atoms with Gasteiger partial charge in [0.05, 0.1) is 0 Å². The van der Waals surface area contributed by atoms with E-state index in [9.17, 15) is 0 Å². The highest BCUT2D eigenvalue weighted by Gasteiger charge is 2.16. The molecule has 0 saturated heterocycles. The fourth-order valence-corrected chi connectivity index (χ4v) is 3.75. The molecular weight excluding hydrogens is 312 g/mol. The zero-order chi connectivity index (χ0) is 18.1. The van der Waals surface area contributed by atoms with E-state index >= 15 is 0 Å². The first kappa shape index (κ1) is 16.6. The molecule has 0 bridgehead atoms. The van der Waals surface area contributed by atoms with Crippen LogP contribution in [0.5, 0.6) is 0 Å². The second kappa shape index (κ2) is 6.80. The number of aryl methyl sites for hydroxylation is 1. The highest BCUT2D eigenvalue weighted by molar-refractivity contribution is 6.06. The molecule has 0 heteroatoms. The Labute approximate surface area is 156 Å². The van der Waals surface area contributed by atoms with Crippen molar-refractivity contribution < 1.29 is 0 Å². The molecule has 0 aromatic heterocycles. The number of hydrogen-bond acceptors (Lipinski definition) is 0. The van der Waals surface area contributed by atoms with Crippen molar-refractivity contribution in [3.8, 4) is 22.3 Å². The third kappa shape index (κ3) is 2.93. The Bertz CT molecular complexity index is 1040.